The van der Waals surface area contributed by atoms with Crippen molar-refractivity contribution in [3.05, 3.63) is 0 Å². The van der Waals surface area contributed by atoms with Crippen molar-refractivity contribution in [2.24, 2.45) is 5.10 Å². The van der Waals surface area contributed by atoms with Gasteiger partial charge < -0.3 is 0 Å². The Labute approximate surface area is 76.2 Å². The fraction of sp³-hybridized carbons (Fsp3) is 0.750. The first kappa shape index (κ1) is 10.6. The maximum Gasteiger partial charge on any atom is 0.410 e. The zero-order chi connectivity index (χ0) is 10.3. The second-order valence-corrected chi connectivity index (χ2v) is 4.94. The molecule has 0 saturated heterocycles. The van der Waals surface area contributed by atoms with Crippen LogP contribution in [0.25, 0.3) is 0 Å². The number of hydrazone groups is 1. The van der Waals surface area contributed by atoms with E-state index in [1.54, 1.807) is 5.43 Å². The quantitative estimate of drug-likeness (QED) is 0.633. The van der Waals surface area contributed by atoms with Crippen molar-refractivity contribution < 1.29 is 21.6 Å². The molecule has 1 aliphatic rings. The van der Waals surface area contributed by atoms with E-state index in [2.05, 4.69) is 5.10 Å². The van der Waals surface area contributed by atoms with Crippen LogP contribution in [-0.4, -0.2) is 25.7 Å². The van der Waals surface area contributed by atoms with Crippen LogP contribution < -0.4 is 5.43 Å². The predicted octanol–water partition coefficient (Wildman–Crippen LogP) is 0.793. The third-order valence-corrected chi connectivity index (χ3v) is 2.76. The standard InChI is InChI=1S/C4H4ClF3N2O2S/c5-13(11,12)3-1-2(9-10-3)4(6,7)8/h2,9H,1H2. The number of hydrogen-bond donors (Lipinski definition) is 1. The highest BCUT2D eigenvalue weighted by molar-refractivity contribution is 8.25. The molecule has 0 spiro atoms. The molecule has 9 heteroatoms. The highest BCUT2D eigenvalue weighted by atomic mass is 35.7. The zero-order valence-corrected chi connectivity index (χ0v) is 7.54. The lowest BCUT2D eigenvalue weighted by Gasteiger charge is -2.12. The lowest BCUT2D eigenvalue weighted by atomic mass is 10.2. The van der Waals surface area contributed by atoms with E-state index in [9.17, 15) is 21.6 Å². The van der Waals surface area contributed by atoms with E-state index < -0.39 is 32.7 Å². The molecule has 0 saturated carbocycles. The zero-order valence-electron chi connectivity index (χ0n) is 5.97. The number of hydrogen-bond acceptors (Lipinski definition) is 4. The molecule has 0 aromatic rings. The summed E-state index contributed by atoms with van der Waals surface area (Å²) in [4.78, 5) is 0. The molecule has 1 atom stereocenters. The van der Waals surface area contributed by atoms with Crippen molar-refractivity contribution in [3.8, 4) is 0 Å². The minimum atomic E-state index is -4.52. The van der Waals surface area contributed by atoms with Gasteiger partial charge in [-0.15, -0.1) is 0 Å². The Kier molecular flexibility index (Phi) is 2.46. The minimum absolute atomic E-state index is 0.684. The highest BCUT2D eigenvalue weighted by Gasteiger charge is 2.45. The Hall–Kier alpha value is -0.500. The lowest BCUT2D eigenvalue weighted by molar-refractivity contribution is -0.151. The van der Waals surface area contributed by atoms with Crippen LogP contribution in [0.15, 0.2) is 5.10 Å². The van der Waals surface area contributed by atoms with Crippen LogP contribution in [0.4, 0.5) is 13.2 Å². The Morgan fingerprint density at radius 3 is 2.31 bits per heavy atom. The smallest absolute Gasteiger partial charge is 0.296 e. The fourth-order valence-electron chi connectivity index (χ4n) is 0.759. The van der Waals surface area contributed by atoms with Gasteiger partial charge in [-0.25, -0.2) is 8.42 Å². The topological polar surface area (TPSA) is 58.5 Å². The SMILES string of the molecule is O=S(=O)(Cl)C1=NNC(C(F)(F)F)C1. The van der Waals surface area contributed by atoms with Gasteiger partial charge in [0.2, 0.25) is 0 Å². The Balaban J connectivity index is 2.74. The monoisotopic (exact) mass is 236 g/mol. The van der Waals surface area contributed by atoms with Gasteiger partial charge in [0.1, 0.15) is 6.04 Å². The summed E-state index contributed by atoms with van der Waals surface area (Å²) in [6.07, 6.45) is -5.28. The summed E-state index contributed by atoms with van der Waals surface area (Å²) in [5, 5.41) is 2.30. The van der Waals surface area contributed by atoms with E-state index in [4.69, 9.17) is 10.7 Å². The molecule has 1 N–H and O–H groups in total. The molecule has 0 bridgehead atoms. The van der Waals surface area contributed by atoms with Gasteiger partial charge in [0.25, 0.3) is 9.05 Å². The predicted molar refractivity (Wildman–Crippen MR) is 39.8 cm³/mol. The summed E-state index contributed by atoms with van der Waals surface area (Å²) in [6.45, 7) is 0. The van der Waals surface area contributed by atoms with Crippen molar-refractivity contribution in [2.75, 3.05) is 0 Å². The number of nitrogens with zero attached hydrogens (tertiary/aromatic N) is 1. The first-order valence-corrected chi connectivity index (χ1v) is 5.35. The van der Waals surface area contributed by atoms with E-state index in [0.717, 1.165) is 0 Å². The van der Waals surface area contributed by atoms with Crippen molar-refractivity contribution >= 4 is 24.8 Å². The molecule has 76 valence electrons. The molecular formula is C4H4ClF3N2O2S. The molecule has 0 radical (unpaired) electrons. The second kappa shape index (κ2) is 3.02. The van der Waals surface area contributed by atoms with Gasteiger partial charge in [0.15, 0.2) is 5.04 Å². The largest absolute Gasteiger partial charge is 0.410 e. The van der Waals surface area contributed by atoms with Gasteiger partial charge in [0, 0.05) is 17.1 Å². The van der Waals surface area contributed by atoms with Gasteiger partial charge in [-0.2, -0.15) is 18.3 Å². The molecule has 0 fully saturated rings. The lowest BCUT2D eigenvalue weighted by Crippen LogP contribution is -2.36. The van der Waals surface area contributed by atoms with E-state index in [1.807, 2.05) is 0 Å². The number of alkyl halides is 3. The summed E-state index contributed by atoms with van der Waals surface area (Å²) in [5.74, 6) is 0. The average Bonchev–Trinajstić information content (AvgIpc) is 2.28. The van der Waals surface area contributed by atoms with E-state index in [-0.39, 0.29) is 0 Å². The second-order valence-electron chi connectivity index (χ2n) is 2.37. The van der Waals surface area contributed by atoms with Crippen LogP contribution >= 0.6 is 10.7 Å². The van der Waals surface area contributed by atoms with Crippen LogP contribution in [0.1, 0.15) is 6.42 Å². The number of rotatable bonds is 0. The third-order valence-electron chi connectivity index (χ3n) is 1.40. The molecule has 4 nitrogen and oxygen atoms in total. The molecule has 1 unspecified atom stereocenters. The number of halogens is 4. The molecule has 13 heavy (non-hydrogen) atoms. The van der Waals surface area contributed by atoms with Crippen molar-refractivity contribution in [1.29, 1.82) is 0 Å². The highest BCUT2D eigenvalue weighted by Crippen LogP contribution is 2.27. The summed E-state index contributed by atoms with van der Waals surface area (Å²) in [5.41, 5.74) is 1.65. The Morgan fingerprint density at radius 1 is 1.54 bits per heavy atom. The normalized spacial score (nSPS) is 24.0. The van der Waals surface area contributed by atoms with Crippen molar-refractivity contribution in [2.45, 2.75) is 18.6 Å². The van der Waals surface area contributed by atoms with Gasteiger partial charge in [-0.1, -0.05) is 0 Å². The van der Waals surface area contributed by atoms with E-state index in [0.29, 0.717) is 0 Å². The van der Waals surface area contributed by atoms with Gasteiger partial charge in [-0.05, 0) is 0 Å². The molecular weight excluding hydrogens is 233 g/mol. The molecule has 0 aromatic carbocycles. The first-order valence-electron chi connectivity index (χ1n) is 3.05. The van der Waals surface area contributed by atoms with Crippen LogP contribution in [0.5, 0.6) is 0 Å². The van der Waals surface area contributed by atoms with E-state index >= 15 is 0 Å². The maximum atomic E-state index is 11.9. The summed E-state index contributed by atoms with van der Waals surface area (Å²) >= 11 is 0. The van der Waals surface area contributed by atoms with Crippen molar-refractivity contribution in [1.82, 2.24) is 5.43 Å². The van der Waals surface area contributed by atoms with Crippen LogP contribution in [-0.2, 0) is 9.05 Å². The van der Waals surface area contributed by atoms with E-state index in [1.165, 1.54) is 0 Å². The Morgan fingerprint density at radius 2 is 2.08 bits per heavy atom. The van der Waals surface area contributed by atoms with Gasteiger partial charge >= 0.3 is 6.18 Å². The Bertz CT molecular complexity index is 336. The van der Waals surface area contributed by atoms with Crippen LogP contribution in [0, 0.1) is 0 Å². The van der Waals surface area contributed by atoms with Crippen molar-refractivity contribution in [3.63, 3.8) is 0 Å². The molecule has 0 aromatic heterocycles. The summed E-state index contributed by atoms with van der Waals surface area (Å²) in [6, 6.07) is -1.96. The molecule has 0 amide bonds. The summed E-state index contributed by atoms with van der Waals surface area (Å²) in [7, 11) is 0.653. The van der Waals surface area contributed by atoms with Crippen LogP contribution in [0.3, 0.4) is 0 Å². The van der Waals surface area contributed by atoms with Crippen LogP contribution in [0.2, 0.25) is 0 Å². The molecule has 1 rings (SSSR count). The molecule has 0 aliphatic carbocycles. The minimum Gasteiger partial charge on any atom is -0.296 e. The molecule has 1 aliphatic heterocycles. The summed E-state index contributed by atoms with van der Waals surface area (Å²) < 4.78 is 56.9. The third kappa shape index (κ3) is 2.47. The molecule has 1 heterocycles. The fourth-order valence-corrected chi connectivity index (χ4v) is 1.58. The van der Waals surface area contributed by atoms with Gasteiger partial charge in [0.05, 0.1) is 0 Å². The number of nitrogens with one attached hydrogen (secondary N) is 1. The average molecular weight is 237 g/mol. The van der Waals surface area contributed by atoms with Gasteiger partial charge in [-0.3, -0.25) is 5.43 Å². The maximum absolute atomic E-state index is 11.9. The first-order chi connectivity index (χ1) is 5.71.